The van der Waals surface area contributed by atoms with Crippen LogP contribution in [0.15, 0.2) is 0 Å². The fourth-order valence-electron chi connectivity index (χ4n) is 2.82. The SMILES string of the molecule is COC(=O)c1c(C)nc(C2CCCC(C)C2)nc1N. The molecule has 2 unspecified atom stereocenters. The summed E-state index contributed by atoms with van der Waals surface area (Å²) in [7, 11) is 1.33. The largest absolute Gasteiger partial charge is 0.465 e. The smallest absolute Gasteiger partial charge is 0.343 e. The molecule has 2 atom stereocenters. The second kappa shape index (κ2) is 5.55. The first kappa shape index (κ1) is 13.8. The van der Waals surface area contributed by atoms with Crippen LogP contribution in [-0.2, 0) is 4.74 Å². The number of hydrogen-bond donors (Lipinski definition) is 1. The molecule has 5 nitrogen and oxygen atoms in total. The molecule has 1 aromatic rings. The van der Waals surface area contributed by atoms with Crippen LogP contribution in [0.3, 0.4) is 0 Å². The number of nitrogens with zero attached hydrogens (tertiary/aromatic N) is 2. The number of ether oxygens (including phenoxy) is 1. The number of anilines is 1. The van der Waals surface area contributed by atoms with E-state index >= 15 is 0 Å². The van der Waals surface area contributed by atoms with Gasteiger partial charge in [-0.25, -0.2) is 14.8 Å². The fraction of sp³-hybridized carbons (Fsp3) is 0.643. The van der Waals surface area contributed by atoms with Gasteiger partial charge in [0.15, 0.2) is 0 Å². The van der Waals surface area contributed by atoms with Gasteiger partial charge in [0.25, 0.3) is 0 Å². The molecule has 1 heterocycles. The lowest BCUT2D eigenvalue weighted by Crippen LogP contribution is -2.18. The maximum atomic E-state index is 11.6. The van der Waals surface area contributed by atoms with Crippen molar-refractivity contribution in [3.05, 3.63) is 17.1 Å². The predicted molar refractivity (Wildman–Crippen MR) is 72.9 cm³/mol. The van der Waals surface area contributed by atoms with Crippen LogP contribution in [-0.4, -0.2) is 23.0 Å². The van der Waals surface area contributed by atoms with Crippen molar-refractivity contribution < 1.29 is 9.53 Å². The van der Waals surface area contributed by atoms with E-state index in [4.69, 9.17) is 10.5 Å². The van der Waals surface area contributed by atoms with Crippen molar-refractivity contribution in [2.24, 2.45) is 5.92 Å². The first-order chi connectivity index (χ1) is 9.02. The molecular formula is C14H21N3O2. The highest BCUT2D eigenvalue weighted by Gasteiger charge is 2.25. The Bertz CT molecular complexity index is 465. The minimum Gasteiger partial charge on any atom is -0.465 e. The van der Waals surface area contributed by atoms with Crippen LogP contribution in [0.25, 0.3) is 0 Å². The molecule has 104 valence electrons. The van der Waals surface area contributed by atoms with Gasteiger partial charge in [0.1, 0.15) is 17.2 Å². The van der Waals surface area contributed by atoms with Crippen molar-refractivity contribution in [3.63, 3.8) is 0 Å². The van der Waals surface area contributed by atoms with E-state index in [0.717, 1.165) is 18.7 Å². The normalized spacial score (nSPS) is 23.1. The van der Waals surface area contributed by atoms with Crippen LogP contribution >= 0.6 is 0 Å². The molecule has 0 radical (unpaired) electrons. The van der Waals surface area contributed by atoms with Crippen LogP contribution in [0.1, 0.15) is 60.4 Å². The Morgan fingerprint density at radius 1 is 1.37 bits per heavy atom. The Morgan fingerprint density at radius 2 is 2.11 bits per heavy atom. The number of aryl methyl sites for hydroxylation is 1. The number of nitrogens with two attached hydrogens (primary N) is 1. The van der Waals surface area contributed by atoms with Crippen LogP contribution in [0.4, 0.5) is 5.82 Å². The van der Waals surface area contributed by atoms with Gasteiger partial charge in [0, 0.05) is 5.92 Å². The molecule has 1 aliphatic carbocycles. The zero-order valence-corrected chi connectivity index (χ0v) is 11.8. The van der Waals surface area contributed by atoms with E-state index in [2.05, 4.69) is 16.9 Å². The average molecular weight is 263 g/mol. The van der Waals surface area contributed by atoms with Crippen molar-refractivity contribution >= 4 is 11.8 Å². The van der Waals surface area contributed by atoms with Gasteiger partial charge in [-0.1, -0.05) is 19.8 Å². The molecule has 1 fully saturated rings. The summed E-state index contributed by atoms with van der Waals surface area (Å²) >= 11 is 0. The third-order valence-electron chi connectivity index (χ3n) is 3.83. The number of carbonyl (C=O) groups is 1. The highest BCUT2D eigenvalue weighted by atomic mass is 16.5. The second-order valence-corrected chi connectivity index (χ2v) is 5.39. The Hall–Kier alpha value is -1.65. The summed E-state index contributed by atoms with van der Waals surface area (Å²) in [6.45, 7) is 4.03. The zero-order chi connectivity index (χ0) is 14.0. The van der Waals surface area contributed by atoms with Crippen LogP contribution in [0.5, 0.6) is 0 Å². The summed E-state index contributed by atoms with van der Waals surface area (Å²) in [5, 5.41) is 0. The standard InChI is InChI=1S/C14H21N3O2/c1-8-5-4-6-10(7-8)13-16-9(2)11(12(15)17-13)14(18)19-3/h8,10H,4-7H2,1-3H3,(H2,15,16,17). The maximum Gasteiger partial charge on any atom is 0.343 e. The number of methoxy groups -OCH3 is 1. The molecule has 2 N–H and O–H groups in total. The van der Waals surface area contributed by atoms with Gasteiger partial charge in [-0.05, 0) is 25.7 Å². The maximum absolute atomic E-state index is 11.6. The molecule has 5 heteroatoms. The minimum atomic E-state index is -0.474. The van der Waals surface area contributed by atoms with Crippen molar-refractivity contribution in [1.29, 1.82) is 0 Å². The van der Waals surface area contributed by atoms with E-state index in [1.165, 1.54) is 20.0 Å². The van der Waals surface area contributed by atoms with Gasteiger partial charge in [-0.3, -0.25) is 0 Å². The summed E-state index contributed by atoms with van der Waals surface area (Å²) in [5.74, 6) is 1.58. The van der Waals surface area contributed by atoms with E-state index in [-0.39, 0.29) is 11.4 Å². The number of nitrogen functional groups attached to an aromatic ring is 1. The summed E-state index contributed by atoms with van der Waals surface area (Å²) < 4.78 is 4.70. The summed E-state index contributed by atoms with van der Waals surface area (Å²) in [4.78, 5) is 20.4. The molecule has 2 rings (SSSR count). The van der Waals surface area contributed by atoms with E-state index in [0.29, 0.717) is 17.5 Å². The van der Waals surface area contributed by atoms with Gasteiger partial charge in [0.2, 0.25) is 0 Å². The monoisotopic (exact) mass is 263 g/mol. The van der Waals surface area contributed by atoms with E-state index < -0.39 is 5.97 Å². The fourth-order valence-corrected chi connectivity index (χ4v) is 2.82. The van der Waals surface area contributed by atoms with Crippen molar-refractivity contribution in [2.45, 2.75) is 45.4 Å². The highest BCUT2D eigenvalue weighted by Crippen LogP contribution is 2.35. The molecule has 0 amide bonds. The van der Waals surface area contributed by atoms with Gasteiger partial charge >= 0.3 is 5.97 Å². The van der Waals surface area contributed by atoms with Crippen molar-refractivity contribution in [1.82, 2.24) is 9.97 Å². The van der Waals surface area contributed by atoms with Crippen molar-refractivity contribution in [2.75, 3.05) is 12.8 Å². The predicted octanol–water partition coefficient (Wildman–Crippen LogP) is 2.45. The quantitative estimate of drug-likeness (QED) is 0.829. The number of hydrogen-bond acceptors (Lipinski definition) is 5. The topological polar surface area (TPSA) is 78.1 Å². The summed E-state index contributed by atoms with van der Waals surface area (Å²) in [5.41, 5.74) is 6.78. The van der Waals surface area contributed by atoms with Crippen LogP contribution < -0.4 is 5.73 Å². The Labute approximate surface area is 113 Å². The molecule has 0 spiro atoms. The molecule has 0 bridgehead atoms. The molecule has 19 heavy (non-hydrogen) atoms. The lowest BCUT2D eigenvalue weighted by molar-refractivity contribution is 0.0600. The molecule has 1 aromatic heterocycles. The molecular weight excluding hydrogens is 242 g/mol. The van der Waals surface area contributed by atoms with Gasteiger partial charge in [-0.2, -0.15) is 0 Å². The number of carbonyl (C=O) groups excluding carboxylic acids is 1. The summed E-state index contributed by atoms with van der Waals surface area (Å²) in [6, 6.07) is 0. The second-order valence-electron chi connectivity index (χ2n) is 5.39. The van der Waals surface area contributed by atoms with Crippen LogP contribution in [0.2, 0.25) is 0 Å². The first-order valence-corrected chi connectivity index (χ1v) is 6.75. The molecule has 1 aliphatic rings. The molecule has 0 aromatic carbocycles. The molecule has 0 saturated heterocycles. The lowest BCUT2D eigenvalue weighted by atomic mass is 9.82. The van der Waals surface area contributed by atoms with E-state index in [9.17, 15) is 4.79 Å². The average Bonchev–Trinajstić information content (AvgIpc) is 2.37. The van der Waals surface area contributed by atoms with Gasteiger partial charge in [-0.15, -0.1) is 0 Å². The van der Waals surface area contributed by atoms with Crippen molar-refractivity contribution in [3.8, 4) is 0 Å². The number of rotatable bonds is 2. The lowest BCUT2D eigenvalue weighted by Gasteiger charge is -2.26. The van der Waals surface area contributed by atoms with Crippen LogP contribution in [0, 0.1) is 12.8 Å². The van der Waals surface area contributed by atoms with E-state index in [1.54, 1.807) is 6.92 Å². The molecule has 0 aliphatic heterocycles. The molecule has 1 saturated carbocycles. The third-order valence-corrected chi connectivity index (χ3v) is 3.83. The van der Waals surface area contributed by atoms with Gasteiger partial charge < -0.3 is 10.5 Å². The van der Waals surface area contributed by atoms with E-state index in [1.807, 2.05) is 0 Å². The Morgan fingerprint density at radius 3 is 2.68 bits per heavy atom. The minimum absolute atomic E-state index is 0.229. The zero-order valence-electron chi connectivity index (χ0n) is 11.8. The first-order valence-electron chi connectivity index (χ1n) is 6.75. The Kier molecular flexibility index (Phi) is 4.02. The van der Waals surface area contributed by atoms with Gasteiger partial charge in [0.05, 0.1) is 12.8 Å². The highest BCUT2D eigenvalue weighted by molar-refractivity contribution is 5.95. The Balaban J connectivity index is 2.31. The number of aromatic nitrogens is 2. The third kappa shape index (κ3) is 2.85. The summed E-state index contributed by atoms with van der Waals surface area (Å²) in [6.07, 6.45) is 4.66. The number of esters is 1.